The fourth-order valence-corrected chi connectivity index (χ4v) is 2.87. The molecule has 0 atom stereocenters. The van der Waals surface area contributed by atoms with Gasteiger partial charge in [0.2, 0.25) is 0 Å². The van der Waals surface area contributed by atoms with Gasteiger partial charge in [0.1, 0.15) is 0 Å². The lowest BCUT2D eigenvalue weighted by Crippen LogP contribution is -2.22. The lowest BCUT2D eigenvalue weighted by atomic mass is 10.2. The highest BCUT2D eigenvalue weighted by molar-refractivity contribution is 7.49. The summed E-state index contributed by atoms with van der Waals surface area (Å²) < 4.78 is 28.3. The first-order valence-electron chi connectivity index (χ1n) is 7.36. The van der Waals surface area contributed by atoms with E-state index in [2.05, 4.69) is 0 Å². The number of carbonyl (C=O) groups is 1. The Balaban J connectivity index is 2.05. The minimum atomic E-state index is -4.05. The lowest BCUT2D eigenvalue weighted by Gasteiger charge is -2.19. The molecule has 7 heteroatoms. The highest BCUT2D eigenvalue weighted by Gasteiger charge is 2.32. The third-order valence-corrected chi connectivity index (χ3v) is 4.29. The minimum absolute atomic E-state index is 0.00756. The summed E-state index contributed by atoms with van der Waals surface area (Å²) in [5.41, 5.74) is 1.59. The van der Waals surface area contributed by atoms with Gasteiger partial charge in [-0.05, 0) is 11.1 Å². The average molecular weight is 349 g/mol. The van der Waals surface area contributed by atoms with E-state index < -0.39 is 13.9 Å². The van der Waals surface area contributed by atoms with Gasteiger partial charge >= 0.3 is 13.9 Å². The quantitative estimate of drug-likeness (QED) is 0.700. The second-order valence-corrected chi connectivity index (χ2v) is 6.81. The molecule has 0 saturated carbocycles. The molecule has 0 spiro atoms. The molecule has 0 aliphatic rings. The predicted octanol–water partition coefficient (Wildman–Crippen LogP) is 4.23. The summed E-state index contributed by atoms with van der Waals surface area (Å²) in [6.07, 6.45) is -0.792. The molecular formula is C17H20NO5P. The van der Waals surface area contributed by atoms with Crippen LogP contribution < -0.4 is 0 Å². The van der Waals surface area contributed by atoms with E-state index in [1.807, 2.05) is 60.7 Å². The number of phosphoric acid groups is 1. The van der Waals surface area contributed by atoms with Gasteiger partial charge in [-0.15, -0.1) is 0 Å². The molecule has 2 rings (SSSR count). The standard InChI is InChI=1S/C17H20NO5P/c1-18(2)17(19)23-24(20,21-13-15-9-5-3-6-10-15)22-14-16-11-7-4-8-12-16/h3-12H,13-14H2,1-2H3. The number of benzene rings is 2. The van der Waals surface area contributed by atoms with Gasteiger partial charge in [0.25, 0.3) is 0 Å². The van der Waals surface area contributed by atoms with Crippen LogP contribution in [-0.2, 0) is 31.4 Å². The Kier molecular flexibility index (Phi) is 6.55. The molecule has 0 N–H and O–H groups in total. The second-order valence-electron chi connectivity index (χ2n) is 5.22. The van der Waals surface area contributed by atoms with E-state index in [0.29, 0.717) is 0 Å². The maximum absolute atomic E-state index is 12.8. The van der Waals surface area contributed by atoms with Crippen molar-refractivity contribution in [3.8, 4) is 0 Å². The van der Waals surface area contributed by atoms with Gasteiger partial charge in [-0.2, -0.15) is 0 Å². The number of rotatable bonds is 7. The number of hydrogen-bond acceptors (Lipinski definition) is 5. The van der Waals surface area contributed by atoms with E-state index in [9.17, 15) is 9.36 Å². The van der Waals surface area contributed by atoms with Crippen LogP contribution in [0, 0.1) is 0 Å². The van der Waals surface area contributed by atoms with Crippen molar-refractivity contribution < 1.29 is 22.9 Å². The van der Waals surface area contributed by atoms with Crippen molar-refractivity contribution in [3.63, 3.8) is 0 Å². The molecule has 0 radical (unpaired) electrons. The summed E-state index contributed by atoms with van der Waals surface area (Å²) in [6, 6.07) is 18.3. The smallest absolute Gasteiger partial charge is 0.353 e. The van der Waals surface area contributed by atoms with E-state index in [-0.39, 0.29) is 13.2 Å². The summed E-state index contributed by atoms with van der Waals surface area (Å²) in [6.45, 7) is 0.0151. The number of hydrogen-bond donors (Lipinski definition) is 0. The highest BCUT2D eigenvalue weighted by atomic mass is 31.2. The first-order valence-corrected chi connectivity index (χ1v) is 8.82. The molecule has 0 bridgehead atoms. The van der Waals surface area contributed by atoms with Gasteiger partial charge in [0.15, 0.2) is 0 Å². The normalized spacial score (nSPS) is 11.1. The van der Waals surface area contributed by atoms with Gasteiger partial charge in [-0.25, -0.2) is 9.36 Å². The molecule has 24 heavy (non-hydrogen) atoms. The average Bonchev–Trinajstić information content (AvgIpc) is 2.60. The molecule has 0 unspecified atom stereocenters. The largest absolute Gasteiger partial charge is 0.534 e. The van der Waals surface area contributed by atoms with E-state index in [1.165, 1.54) is 14.1 Å². The summed E-state index contributed by atoms with van der Waals surface area (Å²) >= 11 is 0. The molecule has 0 aromatic heterocycles. The number of nitrogens with zero attached hydrogens (tertiary/aromatic N) is 1. The van der Waals surface area contributed by atoms with Crippen LogP contribution in [0.3, 0.4) is 0 Å². The third-order valence-electron chi connectivity index (χ3n) is 3.02. The molecule has 1 amide bonds. The monoisotopic (exact) mass is 349 g/mol. The molecule has 0 saturated heterocycles. The second kappa shape index (κ2) is 8.64. The summed E-state index contributed by atoms with van der Waals surface area (Å²) in [7, 11) is -1.08. The van der Waals surface area contributed by atoms with Crippen LogP contribution in [0.2, 0.25) is 0 Å². The Labute approximate surface area is 141 Å². The minimum Gasteiger partial charge on any atom is -0.353 e. The molecular weight excluding hydrogens is 329 g/mol. The Morgan fingerprint density at radius 1 is 0.875 bits per heavy atom. The van der Waals surface area contributed by atoms with Crippen LogP contribution in [0.5, 0.6) is 0 Å². The van der Waals surface area contributed by atoms with Crippen LogP contribution in [0.1, 0.15) is 11.1 Å². The van der Waals surface area contributed by atoms with Crippen LogP contribution in [0.4, 0.5) is 4.79 Å². The Bertz CT molecular complexity index is 643. The molecule has 6 nitrogen and oxygen atoms in total. The zero-order valence-electron chi connectivity index (χ0n) is 13.6. The molecule has 0 aliphatic heterocycles. The fourth-order valence-electron chi connectivity index (χ4n) is 1.72. The number of carbonyl (C=O) groups excluding carboxylic acids is 1. The predicted molar refractivity (Wildman–Crippen MR) is 90.2 cm³/mol. The van der Waals surface area contributed by atoms with E-state index in [4.69, 9.17) is 13.6 Å². The SMILES string of the molecule is CN(C)C(=O)OP(=O)(OCc1ccccc1)OCc1ccccc1. The molecule has 2 aromatic rings. The number of amides is 1. The molecule has 2 aromatic carbocycles. The Morgan fingerprint density at radius 3 is 1.67 bits per heavy atom. The van der Waals surface area contributed by atoms with E-state index in [0.717, 1.165) is 16.0 Å². The first kappa shape index (κ1) is 18.2. The van der Waals surface area contributed by atoms with Crippen molar-refractivity contribution in [2.24, 2.45) is 0 Å². The van der Waals surface area contributed by atoms with Crippen molar-refractivity contribution in [2.45, 2.75) is 13.2 Å². The van der Waals surface area contributed by atoms with Gasteiger partial charge < -0.3 is 9.42 Å². The van der Waals surface area contributed by atoms with Gasteiger partial charge in [0.05, 0.1) is 13.2 Å². The van der Waals surface area contributed by atoms with Gasteiger partial charge in [-0.1, -0.05) is 60.7 Å². The molecule has 0 fully saturated rings. The van der Waals surface area contributed by atoms with Crippen LogP contribution in [0.15, 0.2) is 60.7 Å². The maximum Gasteiger partial charge on any atom is 0.534 e. The van der Waals surface area contributed by atoms with Gasteiger partial charge in [-0.3, -0.25) is 9.05 Å². The van der Waals surface area contributed by atoms with Crippen molar-refractivity contribution in [2.75, 3.05) is 14.1 Å². The number of phosphoric ester groups is 1. The maximum atomic E-state index is 12.8. The van der Waals surface area contributed by atoms with Gasteiger partial charge in [0, 0.05) is 14.1 Å². The van der Waals surface area contributed by atoms with Crippen molar-refractivity contribution >= 4 is 13.9 Å². The lowest BCUT2D eigenvalue weighted by molar-refractivity contribution is 0.103. The molecule has 0 aliphatic carbocycles. The topological polar surface area (TPSA) is 65.1 Å². The fraction of sp³-hybridized carbons (Fsp3) is 0.235. The summed E-state index contributed by atoms with van der Waals surface area (Å²) in [5, 5.41) is 0. The zero-order chi connectivity index (χ0) is 17.4. The van der Waals surface area contributed by atoms with E-state index in [1.54, 1.807) is 0 Å². The molecule has 0 heterocycles. The third kappa shape index (κ3) is 5.81. The van der Waals surface area contributed by atoms with Crippen LogP contribution in [-0.4, -0.2) is 25.1 Å². The molecule has 128 valence electrons. The van der Waals surface area contributed by atoms with E-state index >= 15 is 0 Å². The van der Waals surface area contributed by atoms with Crippen LogP contribution >= 0.6 is 7.82 Å². The summed E-state index contributed by atoms with van der Waals surface area (Å²) in [4.78, 5) is 12.9. The van der Waals surface area contributed by atoms with Crippen molar-refractivity contribution in [3.05, 3.63) is 71.8 Å². The van der Waals surface area contributed by atoms with Crippen molar-refractivity contribution in [1.29, 1.82) is 0 Å². The van der Waals surface area contributed by atoms with Crippen molar-refractivity contribution in [1.82, 2.24) is 4.90 Å². The Morgan fingerprint density at radius 2 is 1.29 bits per heavy atom. The zero-order valence-corrected chi connectivity index (χ0v) is 14.5. The summed E-state index contributed by atoms with van der Waals surface area (Å²) in [5.74, 6) is 0. The van der Waals surface area contributed by atoms with Crippen LogP contribution in [0.25, 0.3) is 0 Å². The Hall–Kier alpha value is -2.14. The highest BCUT2D eigenvalue weighted by Crippen LogP contribution is 2.51. The first-order chi connectivity index (χ1) is 11.5.